The minimum absolute atomic E-state index is 0.176. The van der Waals surface area contributed by atoms with E-state index in [0.29, 0.717) is 72.4 Å². The SMILES string of the molecule is CCCC(=O)OCCOCCOCCOCCOCCN. The lowest BCUT2D eigenvalue weighted by Gasteiger charge is -2.07. The van der Waals surface area contributed by atoms with E-state index in [1.54, 1.807) is 0 Å². The number of ether oxygens (including phenoxy) is 5. The fourth-order valence-corrected chi connectivity index (χ4v) is 1.34. The average molecular weight is 307 g/mol. The summed E-state index contributed by atoms with van der Waals surface area (Å²) in [7, 11) is 0. The van der Waals surface area contributed by atoms with Crippen LogP contribution in [0, 0.1) is 0 Å². The number of carbonyl (C=O) groups is 1. The standard InChI is InChI=1S/C14H29NO6/c1-2-3-14(16)21-13-12-20-11-10-19-9-8-18-7-6-17-5-4-15/h2-13,15H2,1H3. The molecule has 2 N–H and O–H groups in total. The van der Waals surface area contributed by atoms with Gasteiger partial charge in [-0.25, -0.2) is 0 Å². The quantitative estimate of drug-likeness (QED) is 0.325. The predicted molar refractivity (Wildman–Crippen MR) is 78.2 cm³/mol. The maximum atomic E-state index is 11.0. The third-order valence-corrected chi connectivity index (χ3v) is 2.32. The first-order chi connectivity index (χ1) is 10.3. The molecule has 0 unspecified atom stereocenters. The minimum Gasteiger partial charge on any atom is -0.463 e. The van der Waals surface area contributed by atoms with Gasteiger partial charge in [-0.05, 0) is 6.42 Å². The zero-order valence-electron chi connectivity index (χ0n) is 13.0. The number of hydrogen-bond donors (Lipinski definition) is 1. The van der Waals surface area contributed by atoms with Crippen molar-refractivity contribution in [3.05, 3.63) is 0 Å². The number of hydrogen-bond acceptors (Lipinski definition) is 7. The maximum Gasteiger partial charge on any atom is 0.305 e. The first-order valence-corrected chi connectivity index (χ1v) is 7.48. The molecule has 7 nitrogen and oxygen atoms in total. The zero-order valence-corrected chi connectivity index (χ0v) is 13.0. The topological polar surface area (TPSA) is 89.2 Å². The van der Waals surface area contributed by atoms with E-state index in [9.17, 15) is 4.79 Å². The molecule has 0 atom stereocenters. The molecule has 0 amide bonds. The Hall–Kier alpha value is -0.730. The van der Waals surface area contributed by atoms with Gasteiger partial charge in [-0.15, -0.1) is 0 Å². The molecule has 0 bridgehead atoms. The van der Waals surface area contributed by atoms with E-state index in [0.717, 1.165) is 6.42 Å². The molecule has 0 aliphatic heterocycles. The monoisotopic (exact) mass is 307 g/mol. The molecule has 0 aromatic heterocycles. The maximum absolute atomic E-state index is 11.0. The molecule has 126 valence electrons. The van der Waals surface area contributed by atoms with Crippen LogP contribution in [-0.4, -0.2) is 72.0 Å². The van der Waals surface area contributed by atoms with Crippen LogP contribution in [-0.2, 0) is 28.5 Å². The highest BCUT2D eigenvalue weighted by atomic mass is 16.6. The van der Waals surface area contributed by atoms with Gasteiger partial charge in [0.05, 0.1) is 52.9 Å². The molecule has 0 aromatic rings. The van der Waals surface area contributed by atoms with E-state index in [1.165, 1.54) is 0 Å². The van der Waals surface area contributed by atoms with Crippen molar-refractivity contribution in [1.29, 1.82) is 0 Å². The number of rotatable bonds is 16. The fraction of sp³-hybridized carbons (Fsp3) is 0.929. The minimum atomic E-state index is -0.176. The Morgan fingerprint density at radius 3 is 1.62 bits per heavy atom. The number of nitrogens with two attached hydrogens (primary N) is 1. The van der Waals surface area contributed by atoms with Crippen molar-refractivity contribution in [3.8, 4) is 0 Å². The second-order valence-corrected chi connectivity index (χ2v) is 4.21. The van der Waals surface area contributed by atoms with Gasteiger partial charge in [-0.3, -0.25) is 4.79 Å². The molecule has 0 aliphatic rings. The van der Waals surface area contributed by atoms with Crippen molar-refractivity contribution in [2.45, 2.75) is 19.8 Å². The van der Waals surface area contributed by atoms with E-state index >= 15 is 0 Å². The van der Waals surface area contributed by atoms with E-state index in [4.69, 9.17) is 29.4 Å². The predicted octanol–water partition coefficient (Wildman–Crippen LogP) is 0.355. The van der Waals surface area contributed by atoms with Crippen LogP contribution in [0.2, 0.25) is 0 Å². The summed E-state index contributed by atoms with van der Waals surface area (Å²) < 4.78 is 25.9. The molecular formula is C14H29NO6. The summed E-state index contributed by atoms with van der Waals surface area (Å²) in [5, 5.41) is 0. The normalized spacial score (nSPS) is 10.8. The molecule has 0 heterocycles. The van der Waals surface area contributed by atoms with Crippen LogP contribution in [0.5, 0.6) is 0 Å². The molecule has 0 fully saturated rings. The van der Waals surface area contributed by atoms with Crippen LogP contribution in [0.4, 0.5) is 0 Å². The van der Waals surface area contributed by atoms with Gasteiger partial charge in [0.15, 0.2) is 0 Å². The highest BCUT2D eigenvalue weighted by Crippen LogP contribution is 1.91. The Morgan fingerprint density at radius 1 is 0.762 bits per heavy atom. The van der Waals surface area contributed by atoms with Gasteiger partial charge in [0.2, 0.25) is 0 Å². The molecule has 21 heavy (non-hydrogen) atoms. The zero-order chi connectivity index (χ0) is 15.6. The van der Waals surface area contributed by atoms with Crippen LogP contribution in [0.15, 0.2) is 0 Å². The van der Waals surface area contributed by atoms with Crippen molar-refractivity contribution in [3.63, 3.8) is 0 Å². The van der Waals surface area contributed by atoms with Crippen LogP contribution >= 0.6 is 0 Å². The Bertz CT molecular complexity index is 228. The van der Waals surface area contributed by atoms with Gasteiger partial charge < -0.3 is 29.4 Å². The highest BCUT2D eigenvalue weighted by molar-refractivity contribution is 5.69. The molecule has 0 saturated carbocycles. The molecule has 0 rings (SSSR count). The molecule has 7 heteroatoms. The molecular weight excluding hydrogens is 278 g/mol. The van der Waals surface area contributed by atoms with Crippen molar-refractivity contribution < 1.29 is 28.5 Å². The molecule has 0 saturated heterocycles. The Labute approximate surface area is 127 Å². The smallest absolute Gasteiger partial charge is 0.305 e. The van der Waals surface area contributed by atoms with Crippen LogP contribution in [0.1, 0.15) is 19.8 Å². The summed E-state index contributed by atoms with van der Waals surface area (Å²) in [5.41, 5.74) is 5.27. The van der Waals surface area contributed by atoms with Crippen molar-refractivity contribution in [2.75, 3.05) is 66.0 Å². The summed E-state index contributed by atoms with van der Waals surface area (Å²) in [6.07, 6.45) is 1.26. The largest absolute Gasteiger partial charge is 0.463 e. The second-order valence-electron chi connectivity index (χ2n) is 4.21. The summed E-state index contributed by atoms with van der Waals surface area (Å²) in [6.45, 7) is 6.84. The van der Waals surface area contributed by atoms with Crippen LogP contribution in [0.25, 0.3) is 0 Å². The lowest BCUT2D eigenvalue weighted by molar-refractivity contribution is -0.145. The van der Waals surface area contributed by atoms with Crippen molar-refractivity contribution in [1.82, 2.24) is 0 Å². The first kappa shape index (κ1) is 20.3. The van der Waals surface area contributed by atoms with Gasteiger partial charge in [0.25, 0.3) is 0 Å². The highest BCUT2D eigenvalue weighted by Gasteiger charge is 1.99. The summed E-state index contributed by atoms with van der Waals surface area (Å²) in [5.74, 6) is -0.176. The lowest BCUT2D eigenvalue weighted by Crippen LogP contribution is -2.15. The van der Waals surface area contributed by atoms with E-state index in [-0.39, 0.29) is 5.97 Å². The van der Waals surface area contributed by atoms with E-state index < -0.39 is 0 Å². The van der Waals surface area contributed by atoms with Gasteiger partial charge in [-0.2, -0.15) is 0 Å². The third-order valence-electron chi connectivity index (χ3n) is 2.32. The molecule has 0 aromatic carbocycles. The average Bonchev–Trinajstić information content (AvgIpc) is 2.48. The first-order valence-electron chi connectivity index (χ1n) is 7.48. The van der Waals surface area contributed by atoms with Gasteiger partial charge in [0.1, 0.15) is 6.61 Å². The fourth-order valence-electron chi connectivity index (χ4n) is 1.34. The van der Waals surface area contributed by atoms with E-state index in [2.05, 4.69) is 0 Å². The van der Waals surface area contributed by atoms with Gasteiger partial charge in [0, 0.05) is 13.0 Å². The van der Waals surface area contributed by atoms with Gasteiger partial charge >= 0.3 is 5.97 Å². The molecule has 0 aliphatic carbocycles. The van der Waals surface area contributed by atoms with Crippen molar-refractivity contribution in [2.24, 2.45) is 5.73 Å². The molecule has 0 radical (unpaired) electrons. The third kappa shape index (κ3) is 17.2. The molecule has 0 spiro atoms. The summed E-state index contributed by atoms with van der Waals surface area (Å²) >= 11 is 0. The number of esters is 1. The summed E-state index contributed by atoms with van der Waals surface area (Å²) in [4.78, 5) is 11.0. The van der Waals surface area contributed by atoms with Crippen LogP contribution < -0.4 is 5.73 Å². The lowest BCUT2D eigenvalue weighted by atomic mass is 10.3. The van der Waals surface area contributed by atoms with Crippen LogP contribution in [0.3, 0.4) is 0 Å². The van der Waals surface area contributed by atoms with E-state index in [1.807, 2.05) is 6.92 Å². The van der Waals surface area contributed by atoms with Gasteiger partial charge in [-0.1, -0.05) is 6.92 Å². The second kappa shape index (κ2) is 17.3. The Balaban J connectivity index is 3.01. The Kier molecular flexibility index (Phi) is 16.7. The van der Waals surface area contributed by atoms with Crippen molar-refractivity contribution >= 4 is 5.97 Å². The summed E-state index contributed by atoms with van der Waals surface area (Å²) in [6, 6.07) is 0. The Morgan fingerprint density at radius 2 is 1.19 bits per heavy atom. The number of carbonyl (C=O) groups excluding carboxylic acids is 1.